The molecule has 4 nitrogen and oxygen atoms in total. The normalized spacial score (nSPS) is 17.9. The van der Waals surface area contributed by atoms with Crippen LogP contribution < -0.4 is 4.90 Å². The Bertz CT molecular complexity index is 1090. The van der Waals surface area contributed by atoms with Gasteiger partial charge in [-0.2, -0.15) is 0 Å². The van der Waals surface area contributed by atoms with Gasteiger partial charge < -0.3 is 4.90 Å². The molecule has 0 spiro atoms. The van der Waals surface area contributed by atoms with Crippen molar-refractivity contribution in [2.75, 3.05) is 24.5 Å². The zero-order chi connectivity index (χ0) is 22.0. The lowest BCUT2D eigenvalue weighted by Crippen LogP contribution is -2.49. The van der Waals surface area contributed by atoms with Crippen molar-refractivity contribution in [3.63, 3.8) is 0 Å². The van der Waals surface area contributed by atoms with Gasteiger partial charge in [0, 0.05) is 41.9 Å². The molecule has 31 heavy (non-hydrogen) atoms. The first-order valence-corrected chi connectivity index (χ1v) is 11.1. The molecule has 1 aliphatic heterocycles. The van der Waals surface area contributed by atoms with E-state index in [4.69, 9.17) is 41.4 Å². The number of halogens is 3. The molecule has 7 heteroatoms. The van der Waals surface area contributed by atoms with Gasteiger partial charge in [0.25, 0.3) is 0 Å². The van der Waals surface area contributed by atoms with Crippen molar-refractivity contribution in [3.8, 4) is 0 Å². The topological polar surface area (TPSA) is 23.7 Å². The maximum Gasteiger partial charge on any atom is 0.205 e. The highest BCUT2D eigenvalue weighted by molar-refractivity contribution is 6.36. The van der Waals surface area contributed by atoms with E-state index in [1.54, 1.807) is 12.3 Å². The summed E-state index contributed by atoms with van der Waals surface area (Å²) in [6.07, 6.45) is 1.64. The summed E-state index contributed by atoms with van der Waals surface area (Å²) >= 11 is 18.8. The molecular formula is C24H21Cl3N4. The van der Waals surface area contributed by atoms with Gasteiger partial charge in [0.1, 0.15) is 0 Å². The van der Waals surface area contributed by atoms with Crippen molar-refractivity contribution >= 4 is 46.2 Å². The minimum absolute atomic E-state index is 0.0923. The molecule has 1 saturated heterocycles. The molecule has 2 atom stereocenters. The Balaban J connectivity index is 1.65. The van der Waals surface area contributed by atoms with Gasteiger partial charge >= 0.3 is 0 Å². The zero-order valence-electron chi connectivity index (χ0n) is 17.0. The van der Waals surface area contributed by atoms with Gasteiger partial charge in [0.05, 0.1) is 29.0 Å². The third-order valence-corrected chi connectivity index (χ3v) is 6.55. The average molecular weight is 472 g/mol. The number of pyridine rings is 1. The van der Waals surface area contributed by atoms with Crippen molar-refractivity contribution in [1.29, 1.82) is 0 Å². The van der Waals surface area contributed by atoms with Crippen LogP contribution in [0.5, 0.6) is 0 Å². The van der Waals surface area contributed by atoms with Gasteiger partial charge in [-0.15, -0.1) is 0 Å². The van der Waals surface area contributed by atoms with Gasteiger partial charge in [-0.05, 0) is 48.9 Å². The first kappa shape index (κ1) is 21.9. The molecule has 4 rings (SSSR count). The molecule has 0 aliphatic carbocycles. The fraction of sp³-hybridized carbons (Fsp3) is 0.250. The Kier molecular flexibility index (Phi) is 6.69. The molecule has 1 fully saturated rings. The SMILES string of the molecule is [C-]#[N+]c1ccc([C@@H](C)N2CCN(c3ccc(Cl)cc3Cl)[C@H](c3ccc(Cl)cc3)C2)nc1. The van der Waals surface area contributed by atoms with Crippen molar-refractivity contribution in [2.24, 2.45) is 0 Å². The summed E-state index contributed by atoms with van der Waals surface area (Å²) < 4.78 is 0. The van der Waals surface area contributed by atoms with Crippen LogP contribution in [0.4, 0.5) is 11.4 Å². The summed E-state index contributed by atoms with van der Waals surface area (Å²) in [6.45, 7) is 11.7. The molecule has 3 aromatic rings. The number of anilines is 1. The predicted molar refractivity (Wildman–Crippen MR) is 128 cm³/mol. The van der Waals surface area contributed by atoms with E-state index >= 15 is 0 Å². The van der Waals surface area contributed by atoms with E-state index < -0.39 is 0 Å². The third-order valence-electron chi connectivity index (χ3n) is 5.76. The molecule has 0 amide bonds. The highest BCUT2D eigenvalue weighted by atomic mass is 35.5. The standard InChI is InChI=1S/C24H21Cl3N4/c1-16(22-9-8-20(28-2)14-29-22)30-11-12-31(23-10-7-19(26)13-21(23)27)24(15-30)17-3-5-18(25)6-4-17/h3-10,13-14,16,24H,11-12,15H2,1H3/t16-,24+/m1/s1. The summed E-state index contributed by atoms with van der Waals surface area (Å²) in [4.78, 5) is 12.7. The summed E-state index contributed by atoms with van der Waals surface area (Å²) in [5.74, 6) is 0. The molecule has 1 aliphatic rings. The van der Waals surface area contributed by atoms with Crippen LogP contribution in [0, 0.1) is 6.57 Å². The van der Waals surface area contributed by atoms with Crippen LogP contribution in [0.3, 0.4) is 0 Å². The molecule has 0 bridgehead atoms. The van der Waals surface area contributed by atoms with Crippen molar-refractivity contribution in [1.82, 2.24) is 9.88 Å². The number of nitrogens with zero attached hydrogens (tertiary/aromatic N) is 4. The van der Waals surface area contributed by atoms with Crippen LogP contribution in [0.1, 0.15) is 30.3 Å². The number of hydrogen-bond acceptors (Lipinski definition) is 3. The molecule has 0 saturated carbocycles. The molecule has 0 radical (unpaired) electrons. The maximum absolute atomic E-state index is 7.13. The predicted octanol–water partition coefficient (Wildman–Crippen LogP) is 7.22. The molecule has 1 aromatic heterocycles. The van der Waals surface area contributed by atoms with Gasteiger partial charge in [-0.1, -0.05) is 53.0 Å². The second-order valence-electron chi connectivity index (χ2n) is 7.58. The minimum Gasteiger partial charge on any atom is -0.361 e. The largest absolute Gasteiger partial charge is 0.361 e. The summed E-state index contributed by atoms with van der Waals surface area (Å²) in [7, 11) is 0. The lowest BCUT2D eigenvalue weighted by Gasteiger charge is -2.45. The molecular weight excluding hydrogens is 451 g/mol. The fourth-order valence-corrected chi connectivity index (χ4v) is 4.67. The number of aromatic nitrogens is 1. The van der Waals surface area contributed by atoms with Gasteiger partial charge in [0.2, 0.25) is 5.69 Å². The maximum atomic E-state index is 7.13. The third kappa shape index (κ3) is 4.81. The summed E-state index contributed by atoms with van der Waals surface area (Å²) in [5, 5.41) is 1.98. The van der Waals surface area contributed by atoms with E-state index in [2.05, 4.69) is 38.7 Å². The van der Waals surface area contributed by atoms with E-state index in [1.807, 2.05) is 36.4 Å². The van der Waals surface area contributed by atoms with Crippen LogP contribution in [0.2, 0.25) is 15.1 Å². The van der Waals surface area contributed by atoms with E-state index in [9.17, 15) is 0 Å². The smallest absolute Gasteiger partial charge is 0.205 e. The molecule has 2 heterocycles. The first-order valence-electron chi connectivity index (χ1n) is 10.0. The van der Waals surface area contributed by atoms with Gasteiger partial charge in [-0.3, -0.25) is 9.88 Å². The molecule has 158 valence electrons. The van der Waals surface area contributed by atoms with Crippen LogP contribution >= 0.6 is 34.8 Å². The second-order valence-corrected chi connectivity index (χ2v) is 8.86. The number of rotatable bonds is 4. The Morgan fingerprint density at radius 2 is 1.74 bits per heavy atom. The van der Waals surface area contributed by atoms with Crippen molar-refractivity contribution in [3.05, 3.63) is 98.5 Å². The Morgan fingerprint density at radius 1 is 1.00 bits per heavy atom. The zero-order valence-corrected chi connectivity index (χ0v) is 19.2. The Hall–Kier alpha value is -2.29. The van der Waals surface area contributed by atoms with E-state index in [0.29, 0.717) is 20.8 Å². The highest BCUT2D eigenvalue weighted by Crippen LogP contribution is 2.38. The first-order chi connectivity index (χ1) is 15.0. The van der Waals surface area contributed by atoms with Crippen LogP contribution in [-0.4, -0.2) is 29.5 Å². The van der Waals surface area contributed by atoms with Crippen LogP contribution in [-0.2, 0) is 0 Å². The van der Waals surface area contributed by atoms with E-state index in [0.717, 1.165) is 31.0 Å². The fourth-order valence-electron chi connectivity index (χ4n) is 4.03. The quantitative estimate of drug-likeness (QED) is 0.375. The molecule has 0 unspecified atom stereocenters. The second kappa shape index (κ2) is 9.46. The molecule has 2 aromatic carbocycles. The average Bonchev–Trinajstić information content (AvgIpc) is 2.79. The summed E-state index contributed by atoms with van der Waals surface area (Å²) in [5.41, 5.74) is 3.65. The van der Waals surface area contributed by atoms with Gasteiger partial charge in [-0.25, -0.2) is 4.85 Å². The lowest BCUT2D eigenvalue weighted by atomic mass is 9.99. The number of hydrogen-bond donors (Lipinski definition) is 0. The van der Waals surface area contributed by atoms with Gasteiger partial charge in [0.15, 0.2) is 0 Å². The van der Waals surface area contributed by atoms with E-state index in [1.165, 1.54) is 5.56 Å². The Morgan fingerprint density at radius 3 is 2.39 bits per heavy atom. The van der Waals surface area contributed by atoms with Crippen molar-refractivity contribution in [2.45, 2.75) is 19.0 Å². The van der Waals surface area contributed by atoms with E-state index in [-0.39, 0.29) is 12.1 Å². The molecule has 0 N–H and O–H groups in total. The van der Waals surface area contributed by atoms with Crippen molar-refractivity contribution < 1.29 is 0 Å². The minimum atomic E-state index is 0.0923. The number of benzene rings is 2. The van der Waals surface area contributed by atoms with Crippen LogP contribution in [0.25, 0.3) is 4.85 Å². The monoisotopic (exact) mass is 470 g/mol. The summed E-state index contributed by atoms with van der Waals surface area (Å²) in [6, 6.07) is 17.6. The Labute approximate surface area is 197 Å². The highest BCUT2D eigenvalue weighted by Gasteiger charge is 2.32. The number of piperazine rings is 1. The lowest BCUT2D eigenvalue weighted by molar-refractivity contribution is 0.168. The van der Waals surface area contributed by atoms with Crippen LogP contribution in [0.15, 0.2) is 60.8 Å².